The number of hydrogen-bond acceptors (Lipinski definition) is 27. The number of hydrogen-bond donors (Lipinski definition) is 1. The van der Waals surface area contributed by atoms with Gasteiger partial charge in [-0.2, -0.15) is 0 Å². The predicted octanol–water partition coefficient (Wildman–Crippen LogP) is 1.43. The van der Waals surface area contributed by atoms with E-state index in [1.165, 1.54) is 0 Å². The third-order valence-corrected chi connectivity index (χ3v) is 19.3. The lowest BCUT2D eigenvalue weighted by Crippen LogP contribution is -2.31. The van der Waals surface area contributed by atoms with Gasteiger partial charge in [0.15, 0.2) is 0 Å². The first-order valence-corrected chi connectivity index (χ1v) is 28.8. The predicted molar refractivity (Wildman–Crippen MR) is 274 cm³/mol. The average molecular weight is 1210 g/mol. The number of aliphatic hydroxyl groups is 1. The molecular weight excluding hydrogens is 1140 g/mol. The van der Waals surface area contributed by atoms with Crippen LogP contribution in [0.4, 0.5) is 0 Å². The van der Waals surface area contributed by atoms with Gasteiger partial charge in [0.05, 0.1) is 146 Å². The third-order valence-electron chi connectivity index (χ3n) is 19.3. The van der Waals surface area contributed by atoms with Crippen LogP contribution in [0, 0.1) is 71.0 Å². The molecule has 19 aliphatic heterocycles. The highest BCUT2D eigenvalue weighted by atomic mass is 16.7. The summed E-state index contributed by atoms with van der Waals surface area (Å²) in [4.78, 5) is 109. The number of carbonyl (C=O) groups excluding carboxylic acids is 10. The Morgan fingerprint density at radius 3 is 1.17 bits per heavy atom. The van der Waals surface area contributed by atoms with Crippen LogP contribution >= 0.6 is 0 Å². The fourth-order valence-electron chi connectivity index (χ4n) is 15.7. The van der Waals surface area contributed by atoms with Crippen molar-refractivity contribution in [3.63, 3.8) is 0 Å². The number of rotatable bonds is 2. The van der Waals surface area contributed by atoms with Crippen LogP contribution in [0.25, 0.3) is 0 Å². The number of ether oxygens (including phenoxy) is 15. The maximum atomic E-state index is 11.4. The van der Waals surface area contributed by atoms with Crippen LogP contribution in [0.3, 0.4) is 0 Å². The molecule has 1 N–H and O–H groups in total. The van der Waals surface area contributed by atoms with E-state index in [-0.39, 0.29) is 194 Å². The summed E-state index contributed by atoms with van der Waals surface area (Å²) in [6.07, 6.45) is 19.5. The van der Waals surface area contributed by atoms with Crippen molar-refractivity contribution < 1.29 is 129 Å². The highest BCUT2D eigenvalue weighted by Gasteiger charge is 2.65. The molecule has 12 bridgehead atoms. The number of fused-ring (bicyclic) bond motifs is 30. The van der Waals surface area contributed by atoms with Crippen molar-refractivity contribution >= 4 is 59.7 Å². The maximum Gasteiger partial charge on any atom is 0.338 e. The van der Waals surface area contributed by atoms with E-state index < -0.39 is 30.2 Å². The summed E-state index contributed by atoms with van der Waals surface area (Å²) in [5.74, 6) is -4.46. The molecule has 464 valence electrons. The van der Waals surface area contributed by atoms with Crippen molar-refractivity contribution in [3.8, 4) is 0 Å². The highest BCUT2D eigenvalue weighted by Crippen LogP contribution is 2.53. The fraction of sp³-hybridized carbons (Fsp3) is 0.661. The summed E-state index contributed by atoms with van der Waals surface area (Å²) >= 11 is 0. The fourth-order valence-corrected chi connectivity index (χ4v) is 15.7. The molecule has 0 amide bonds. The van der Waals surface area contributed by atoms with Gasteiger partial charge in [0.25, 0.3) is 0 Å². The van der Waals surface area contributed by atoms with Crippen LogP contribution < -0.4 is 0 Å². The Bertz CT molecular complexity index is 2800. The minimum atomic E-state index is -0.919. The number of methoxy groups -OCH3 is 2. The van der Waals surface area contributed by atoms with Gasteiger partial charge in [0, 0.05) is 32.3 Å². The molecule has 0 spiro atoms. The van der Waals surface area contributed by atoms with Gasteiger partial charge in [0.2, 0.25) is 18.9 Å². The maximum absolute atomic E-state index is 11.4. The summed E-state index contributed by atoms with van der Waals surface area (Å²) in [6.45, 7) is 0.551. The lowest BCUT2D eigenvalue weighted by atomic mass is 9.81. The Balaban J connectivity index is 0.0000000972. The molecular formula is C59H66O27. The number of carbonyl (C=O) groups is 10. The van der Waals surface area contributed by atoms with E-state index in [9.17, 15) is 53.1 Å². The monoisotopic (exact) mass is 1210 g/mol. The van der Waals surface area contributed by atoms with E-state index in [0.29, 0.717) is 12.5 Å². The molecule has 0 aromatic carbocycles. The SMILES string of the molecule is C.CO[C@@H]1OC(=O)C2C3CCC(O3)C21.CO[C@H]1OC(=O)C2C3CCC(O3)C21.O=C1C=CC(=O)O1.O=C1OC(=O)C2C3C=CC(O3)C12.O=C1OC(=O)C2C3CCC(O3)C12.O=C1OC(O)C2C3CCC(O3)C12.O=C1OCC2C3C=CC(O3)C12.c1ccoc1. The van der Waals surface area contributed by atoms with E-state index >= 15 is 0 Å². The first-order valence-electron chi connectivity index (χ1n) is 28.8. The zero-order valence-electron chi connectivity index (χ0n) is 45.8. The van der Waals surface area contributed by atoms with Crippen LogP contribution in [-0.2, 0) is 119 Å². The lowest BCUT2D eigenvalue weighted by molar-refractivity contribution is -0.169. The molecule has 0 aliphatic carbocycles. The van der Waals surface area contributed by atoms with Crippen LogP contribution in [0.5, 0.6) is 0 Å². The van der Waals surface area contributed by atoms with Crippen LogP contribution in [0.1, 0.15) is 58.8 Å². The molecule has 0 saturated carbocycles. The summed E-state index contributed by atoms with van der Waals surface area (Å²) in [7, 11) is 3.15. The van der Waals surface area contributed by atoms with Crippen molar-refractivity contribution in [2.45, 2.75) is 151 Å². The Hall–Kier alpha value is -6.56. The summed E-state index contributed by atoms with van der Waals surface area (Å²) in [5.41, 5.74) is 0. The summed E-state index contributed by atoms with van der Waals surface area (Å²) in [6, 6.07) is 3.67. The molecule has 20 heterocycles. The number of esters is 10. The minimum Gasteiger partial charge on any atom is -0.473 e. The molecule has 27 nitrogen and oxygen atoms in total. The van der Waals surface area contributed by atoms with Crippen molar-refractivity contribution in [3.05, 3.63) is 61.1 Å². The van der Waals surface area contributed by atoms with Gasteiger partial charge >= 0.3 is 59.7 Å². The molecule has 27 heteroatoms. The van der Waals surface area contributed by atoms with Crippen molar-refractivity contribution in [1.82, 2.24) is 0 Å². The Morgan fingerprint density at radius 1 is 0.395 bits per heavy atom. The van der Waals surface area contributed by atoms with Gasteiger partial charge in [-0.05, 0) is 63.5 Å². The average Bonchev–Trinajstić information content (AvgIpc) is 1.77. The van der Waals surface area contributed by atoms with Gasteiger partial charge < -0.3 is 80.6 Å². The van der Waals surface area contributed by atoms with E-state index in [0.717, 1.165) is 63.5 Å². The normalized spacial score (nSPS) is 45.8. The van der Waals surface area contributed by atoms with Gasteiger partial charge in [-0.1, -0.05) is 31.7 Å². The molecule has 25 unspecified atom stereocenters. The smallest absolute Gasteiger partial charge is 0.338 e. The quantitative estimate of drug-likeness (QED) is 0.189. The highest BCUT2D eigenvalue weighted by molar-refractivity contribution is 6.05. The molecule has 20 rings (SSSR count). The zero-order chi connectivity index (χ0) is 59.1. The molecule has 1 aromatic heterocycles. The summed E-state index contributed by atoms with van der Waals surface area (Å²) in [5, 5.41) is 9.37. The van der Waals surface area contributed by atoms with Crippen LogP contribution in [0.2, 0.25) is 0 Å². The second-order valence-electron chi connectivity index (χ2n) is 23.6. The zero-order valence-corrected chi connectivity index (χ0v) is 45.8. The largest absolute Gasteiger partial charge is 0.473 e. The molecule has 0 radical (unpaired) electrons. The first kappa shape index (κ1) is 59.8. The molecule has 16 fully saturated rings. The van der Waals surface area contributed by atoms with E-state index in [4.69, 9.17) is 56.8 Å². The standard InChI is InChI=1S/2C9H12O4.C8H10O4.C8H8O4.C8H6O4.C8H8O3.C4H2O3.C4H4O.CH4/c2*1-11-9-7-5-3-2-4(12-5)6(7)8(10)13-9;3*9-7-5-3-1-2-4(11-3)6(5)8(10)12-7;9-8-7-4(3-10-8)5-1-2-6(7)11-5;5-3-1-2-4(6)7-3;1-2-4-5-3-1;/h2*4-7,9H,2-3H2,1H3;3-7,9H,1-2H2;3-6H,1-2H2;1-6H;1-2,4-7H,3H2;1-2H;1-4H;1H4/t2*4?,5?,6?,7?,9-;;;;;;;/m10......./s1. The van der Waals surface area contributed by atoms with Gasteiger partial charge in [-0.25, -0.2) is 9.59 Å². The second-order valence-corrected chi connectivity index (χ2v) is 23.6. The Morgan fingerprint density at radius 2 is 0.767 bits per heavy atom. The third kappa shape index (κ3) is 10.6. The van der Waals surface area contributed by atoms with Crippen molar-refractivity contribution in [2.24, 2.45) is 71.0 Å². The van der Waals surface area contributed by atoms with Crippen molar-refractivity contribution in [1.29, 1.82) is 0 Å². The first-order chi connectivity index (χ1) is 41.1. The van der Waals surface area contributed by atoms with E-state index in [1.54, 1.807) is 26.7 Å². The number of furan rings is 1. The summed E-state index contributed by atoms with van der Waals surface area (Å²) < 4.78 is 80.9. The van der Waals surface area contributed by atoms with Crippen molar-refractivity contribution in [2.75, 3.05) is 20.8 Å². The van der Waals surface area contributed by atoms with Crippen LogP contribution in [0.15, 0.2) is 65.5 Å². The Kier molecular flexibility index (Phi) is 16.8. The number of aliphatic hydroxyl groups excluding tert-OH is 1. The van der Waals surface area contributed by atoms with Gasteiger partial charge in [-0.15, -0.1) is 0 Å². The van der Waals surface area contributed by atoms with Crippen LogP contribution in [-0.4, -0.2) is 178 Å². The molecule has 27 atom stereocenters. The van der Waals surface area contributed by atoms with E-state index in [1.807, 2.05) is 36.4 Å². The second kappa shape index (κ2) is 24.2. The molecule has 19 aliphatic rings. The topological polar surface area (TPSA) is 343 Å². The Labute approximate surface area is 490 Å². The van der Waals surface area contributed by atoms with Gasteiger partial charge in [-0.3, -0.25) is 38.4 Å². The number of cyclic esters (lactones) is 10. The minimum absolute atomic E-state index is 0. The molecule has 86 heavy (non-hydrogen) atoms. The molecule has 1 aromatic rings. The molecule has 16 saturated heterocycles. The van der Waals surface area contributed by atoms with E-state index in [2.05, 4.69) is 18.6 Å². The lowest BCUT2D eigenvalue weighted by Gasteiger charge is -2.20. The van der Waals surface area contributed by atoms with Gasteiger partial charge in [0.1, 0.15) is 11.8 Å².